The van der Waals surface area contributed by atoms with Crippen LogP contribution in [0.1, 0.15) is 34.8 Å². The molecule has 2 N–H and O–H groups in total. The average Bonchev–Trinajstić information content (AvgIpc) is 2.99. The normalized spacial score (nSPS) is 18.0. The number of aryl methyl sites for hydroxylation is 1. The lowest BCUT2D eigenvalue weighted by Gasteiger charge is -2.25. The van der Waals surface area contributed by atoms with E-state index in [1.807, 2.05) is 38.1 Å². The molecule has 0 bridgehead atoms. The van der Waals surface area contributed by atoms with Gasteiger partial charge in [0.05, 0.1) is 0 Å². The van der Waals surface area contributed by atoms with Gasteiger partial charge in [-0.05, 0) is 43.2 Å². The molecule has 1 heterocycles. The van der Waals surface area contributed by atoms with E-state index in [0.29, 0.717) is 23.2 Å². The molecule has 8 heteroatoms. The molecular formula is C23H26N4O4. The minimum Gasteiger partial charge on any atom is -0.345 e. The van der Waals surface area contributed by atoms with Gasteiger partial charge in [0.25, 0.3) is 11.8 Å². The lowest BCUT2D eigenvalue weighted by Crippen LogP contribution is -2.44. The fraction of sp³-hybridized carbons (Fsp3) is 0.304. The molecule has 1 unspecified atom stereocenters. The van der Waals surface area contributed by atoms with Gasteiger partial charge in [-0.2, -0.15) is 0 Å². The maximum absolute atomic E-state index is 13.1. The summed E-state index contributed by atoms with van der Waals surface area (Å²) in [4.78, 5) is 52.5. The molecule has 0 saturated carbocycles. The SMILES string of the molecule is CCC1(c2ccc(C)cc2)NC(=O)N(CC(=O)Nc2ccc(C(=O)N(C)C)cc2)C1=O. The molecule has 2 aromatic carbocycles. The van der Waals surface area contributed by atoms with Gasteiger partial charge in [-0.1, -0.05) is 36.8 Å². The van der Waals surface area contributed by atoms with Crippen molar-refractivity contribution in [2.24, 2.45) is 0 Å². The van der Waals surface area contributed by atoms with Crippen LogP contribution < -0.4 is 10.6 Å². The first-order valence-corrected chi connectivity index (χ1v) is 10.0. The maximum Gasteiger partial charge on any atom is 0.325 e. The third-order valence-corrected chi connectivity index (χ3v) is 5.37. The zero-order chi connectivity index (χ0) is 22.8. The summed E-state index contributed by atoms with van der Waals surface area (Å²) < 4.78 is 0. The van der Waals surface area contributed by atoms with E-state index in [2.05, 4.69) is 10.6 Å². The average molecular weight is 422 g/mol. The Labute approximate surface area is 181 Å². The fourth-order valence-electron chi connectivity index (χ4n) is 3.55. The monoisotopic (exact) mass is 422 g/mol. The highest BCUT2D eigenvalue weighted by Gasteiger charge is 2.51. The molecule has 1 fully saturated rings. The molecule has 0 radical (unpaired) electrons. The number of nitrogens with zero attached hydrogens (tertiary/aromatic N) is 2. The van der Waals surface area contributed by atoms with Crippen LogP contribution in [0, 0.1) is 6.92 Å². The van der Waals surface area contributed by atoms with Gasteiger partial charge in [-0.3, -0.25) is 19.3 Å². The van der Waals surface area contributed by atoms with Crippen molar-refractivity contribution in [3.05, 3.63) is 65.2 Å². The van der Waals surface area contributed by atoms with Crippen molar-refractivity contribution in [1.82, 2.24) is 15.1 Å². The van der Waals surface area contributed by atoms with E-state index in [4.69, 9.17) is 0 Å². The predicted molar refractivity (Wildman–Crippen MR) is 116 cm³/mol. The van der Waals surface area contributed by atoms with Gasteiger partial charge in [0.2, 0.25) is 5.91 Å². The van der Waals surface area contributed by atoms with E-state index in [1.54, 1.807) is 38.4 Å². The number of benzene rings is 2. The van der Waals surface area contributed by atoms with Crippen LogP contribution in [0.3, 0.4) is 0 Å². The minimum absolute atomic E-state index is 0.149. The highest BCUT2D eigenvalue weighted by atomic mass is 16.2. The number of rotatable bonds is 6. The lowest BCUT2D eigenvalue weighted by atomic mass is 9.87. The Balaban J connectivity index is 1.71. The molecule has 5 amide bonds. The number of hydrogen-bond donors (Lipinski definition) is 2. The third kappa shape index (κ3) is 4.28. The smallest absolute Gasteiger partial charge is 0.325 e. The standard InChI is InChI=1S/C23H26N4O4/c1-5-23(17-10-6-15(2)7-11-17)21(30)27(22(31)25-23)14-19(28)24-18-12-8-16(9-13-18)20(29)26(3)4/h6-13H,5,14H2,1-4H3,(H,24,28)(H,25,31). The maximum atomic E-state index is 13.1. The van der Waals surface area contributed by atoms with Crippen LogP contribution in [-0.4, -0.2) is 54.2 Å². The highest BCUT2D eigenvalue weighted by Crippen LogP contribution is 2.32. The van der Waals surface area contributed by atoms with Crippen LogP contribution in [-0.2, 0) is 15.1 Å². The molecule has 0 aliphatic carbocycles. The highest BCUT2D eigenvalue weighted by molar-refractivity contribution is 6.10. The van der Waals surface area contributed by atoms with E-state index >= 15 is 0 Å². The Morgan fingerprint density at radius 2 is 1.65 bits per heavy atom. The van der Waals surface area contributed by atoms with Crippen molar-refractivity contribution >= 4 is 29.4 Å². The number of nitrogens with one attached hydrogen (secondary N) is 2. The zero-order valence-electron chi connectivity index (χ0n) is 18.1. The van der Waals surface area contributed by atoms with Crippen molar-refractivity contribution in [1.29, 1.82) is 0 Å². The van der Waals surface area contributed by atoms with Gasteiger partial charge in [0, 0.05) is 25.3 Å². The van der Waals surface area contributed by atoms with Crippen LogP contribution in [0.25, 0.3) is 0 Å². The van der Waals surface area contributed by atoms with Crippen LogP contribution in [0.15, 0.2) is 48.5 Å². The first-order chi connectivity index (χ1) is 14.7. The van der Waals surface area contributed by atoms with Crippen LogP contribution in [0.4, 0.5) is 10.5 Å². The second kappa shape index (κ2) is 8.59. The third-order valence-electron chi connectivity index (χ3n) is 5.37. The van der Waals surface area contributed by atoms with E-state index in [-0.39, 0.29) is 5.91 Å². The summed E-state index contributed by atoms with van der Waals surface area (Å²) in [7, 11) is 3.31. The topological polar surface area (TPSA) is 98.8 Å². The number of amides is 5. The number of anilines is 1. The number of carbonyl (C=O) groups excluding carboxylic acids is 4. The first-order valence-electron chi connectivity index (χ1n) is 10.0. The van der Waals surface area contributed by atoms with Gasteiger partial charge in [-0.15, -0.1) is 0 Å². The molecule has 1 aliphatic rings. The van der Waals surface area contributed by atoms with Crippen LogP contribution in [0.5, 0.6) is 0 Å². The molecule has 0 aromatic heterocycles. The molecule has 1 aliphatic heterocycles. The Morgan fingerprint density at radius 1 is 1.03 bits per heavy atom. The fourth-order valence-corrected chi connectivity index (χ4v) is 3.55. The van der Waals surface area contributed by atoms with Crippen molar-refractivity contribution in [3.8, 4) is 0 Å². The summed E-state index contributed by atoms with van der Waals surface area (Å²) in [5.41, 5.74) is 1.50. The van der Waals surface area contributed by atoms with Crippen molar-refractivity contribution < 1.29 is 19.2 Å². The molecule has 1 atom stereocenters. The van der Waals surface area contributed by atoms with Gasteiger partial charge in [0.1, 0.15) is 12.1 Å². The molecule has 31 heavy (non-hydrogen) atoms. The molecule has 162 valence electrons. The summed E-state index contributed by atoms with van der Waals surface area (Å²) in [6.07, 6.45) is 0.361. The Kier molecular flexibility index (Phi) is 6.10. The Bertz CT molecular complexity index is 1010. The zero-order valence-corrected chi connectivity index (χ0v) is 18.1. The molecule has 0 spiro atoms. The molecule has 8 nitrogen and oxygen atoms in total. The van der Waals surface area contributed by atoms with E-state index in [1.165, 1.54) is 4.90 Å². The van der Waals surface area contributed by atoms with Crippen LogP contribution in [0.2, 0.25) is 0 Å². The summed E-state index contributed by atoms with van der Waals surface area (Å²) >= 11 is 0. The van der Waals surface area contributed by atoms with Crippen molar-refractivity contribution in [3.63, 3.8) is 0 Å². The predicted octanol–water partition coefficient (Wildman–Crippen LogP) is 2.49. The van der Waals surface area contributed by atoms with E-state index in [0.717, 1.165) is 10.5 Å². The first kappa shape index (κ1) is 22.0. The number of carbonyl (C=O) groups is 4. The summed E-state index contributed by atoms with van der Waals surface area (Å²) in [5, 5.41) is 5.43. The molecule has 1 saturated heterocycles. The quantitative estimate of drug-likeness (QED) is 0.699. The van der Waals surface area contributed by atoms with Gasteiger partial charge < -0.3 is 15.5 Å². The molecular weight excluding hydrogens is 396 g/mol. The van der Waals surface area contributed by atoms with Crippen molar-refractivity contribution in [2.75, 3.05) is 26.0 Å². The Morgan fingerprint density at radius 3 is 2.19 bits per heavy atom. The number of imide groups is 1. The largest absolute Gasteiger partial charge is 0.345 e. The number of urea groups is 1. The number of hydrogen-bond acceptors (Lipinski definition) is 4. The van der Waals surface area contributed by atoms with E-state index in [9.17, 15) is 19.2 Å². The van der Waals surface area contributed by atoms with Gasteiger partial charge >= 0.3 is 6.03 Å². The molecule has 2 aromatic rings. The van der Waals surface area contributed by atoms with Crippen molar-refractivity contribution in [2.45, 2.75) is 25.8 Å². The van der Waals surface area contributed by atoms with Gasteiger partial charge in [0.15, 0.2) is 0 Å². The molecule has 3 rings (SSSR count). The Hall–Kier alpha value is -3.68. The van der Waals surface area contributed by atoms with Gasteiger partial charge in [-0.25, -0.2) is 4.79 Å². The summed E-state index contributed by atoms with van der Waals surface area (Å²) in [5.74, 6) is -1.11. The second-order valence-corrected chi connectivity index (χ2v) is 7.77. The van der Waals surface area contributed by atoms with Crippen LogP contribution >= 0.6 is 0 Å². The minimum atomic E-state index is -1.18. The summed E-state index contributed by atoms with van der Waals surface area (Å²) in [6.45, 7) is 3.35. The lowest BCUT2D eigenvalue weighted by molar-refractivity contribution is -0.134. The second-order valence-electron chi connectivity index (χ2n) is 7.77. The summed E-state index contributed by atoms with van der Waals surface area (Å²) in [6, 6.07) is 13.2. The van der Waals surface area contributed by atoms with E-state index < -0.39 is 29.9 Å².